The Kier molecular flexibility index (Phi) is 2.41. The van der Waals surface area contributed by atoms with Gasteiger partial charge < -0.3 is 10.1 Å². The van der Waals surface area contributed by atoms with Crippen LogP contribution < -0.4 is 10.1 Å². The van der Waals surface area contributed by atoms with Gasteiger partial charge in [0.1, 0.15) is 11.9 Å². The second-order valence-electron chi connectivity index (χ2n) is 4.13. The number of rotatable bonds is 6. The molecule has 1 unspecified atom stereocenters. The highest BCUT2D eigenvalue weighted by Crippen LogP contribution is 2.26. The Morgan fingerprint density at radius 1 is 1.26 bits per heavy atom. The topological polar surface area (TPSA) is 21.3 Å². The van der Waals surface area contributed by atoms with E-state index >= 15 is 0 Å². The minimum Gasteiger partial charge on any atom is -0.485 e. The molecule has 0 aromatic heterocycles. The number of hydrogen-bond donors (Lipinski definition) is 1. The highest BCUT2D eigenvalue weighted by atomic mass is 16.5. The van der Waals surface area contributed by atoms with Gasteiger partial charge in [0, 0.05) is 10.5 Å². The molecule has 0 heterocycles. The van der Waals surface area contributed by atoms with Gasteiger partial charge in [-0.25, -0.2) is 0 Å². The van der Waals surface area contributed by atoms with E-state index in [1.165, 1.54) is 0 Å². The average Bonchev–Trinajstić information content (AvgIpc) is 2.59. The molecule has 2 aromatic carbocycles. The molecule has 0 aliphatic heterocycles. The summed E-state index contributed by atoms with van der Waals surface area (Å²) in [5.74, 6) is 0.503. The van der Waals surface area contributed by atoms with Crippen LogP contribution in [0.4, 0.5) is 0 Å². The Bertz CT molecular complexity index is 792. The van der Waals surface area contributed by atoms with Crippen molar-refractivity contribution < 1.29 is 15.7 Å². The zero-order valence-electron chi connectivity index (χ0n) is 18.7. The van der Waals surface area contributed by atoms with Crippen molar-refractivity contribution in [3.63, 3.8) is 0 Å². The number of benzene rings is 2. The maximum atomic E-state index is 8.16. The van der Waals surface area contributed by atoms with Crippen molar-refractivity contribution in [3.8, 4) is 5.75 Å². The molecule has 0 aliphatic carbocycles. The molecule has 0 fully saturated rings. The van der Waals surface area contributed by atoms with Crippen LogP contribution in [0.15, 0.2) is 54.5 Å². The molecular weight excluding hydrogens is 234 g/mol. The van der Waals surface area contributed by atoms with Crippen LogP contribution in [0.2, 0.25) is 0 Å². The van der Waals surface area contributed by atoms with Crippen molar-refractivity contribution >= 4 is 0 Å². The monoisotopic (exact) mass is 263 g/mol. The van der Waals surface area contributed by atoms with Gasteiger partial charge >= 0.3 is 0 Å². The van der Waals surface area contributed by atoms with Crippen molar-refractivity contribution in [1.82, 2.24) is 5.32 Å². The van der Waals surface area contributed by atoms with E-state index in [2.05, 4.69) is 5.32 Å². The van der Waals surface area contributed by atoms with Crippen LogP contribution >= 0.6 is 0 Å². The van der Waals surface area contributed by atoms with E-state index in [0.29, 0.717) is 5.75 Å². The van der Waals surface area contributed by atoms with Crippen molar-refractivity contribution in [2.75, 3.05) is 13.5 Å². The first-order valence-corrected chi connectivity index (χ1v) is 6.07. The molecule has 2 nitrogen and oxygen atoms in total. The Morgan fingerprint density at radius 2 is 2.05 bits per heavy atom. The molecule has 0 aliphatic rings. The molecule has 19 heavy (non-hydrogen) atoms. The third-order valence-corrected chi connectivity index (χ3v) is 2.74. The van der Waals surface area contributed by atoms with Crippen molar-refractivity contribution in [3.05, 3.63) is 65.6 Å². The first-order valence-electron chi connectivity index (χ1n) is 10.1. The second kappa shape index (κ2) is 6.95. The van der Waals surface area contributed by atoms with Gasteiger partial charge in [-0.2, -0.15) is 0 Å². The predicted molar refractivity (Wildman–Crippen MR) is 79.5 cm³/mol. The summed E-state index contributed by atoms with van der Waals surface area (Å²) in [4.78, 5) is 0. The van der Waals surface area contributed by atoms with Crippen LogP contribution in [0.3, 0.4) is 0 Å². The Labute approximate surface area is 126 Å². The number of ether oxygens (including phenoxy) is 1. The Balaban J connectivity index is 2.45. The molecule has 0 saturated heterocycles. The first kappa shape index (κ1) is 6.58. The molecule has 0 amide bonds. The van der Waals surface area contributed by atoms with Crippen molar-refractivity contribution in [2.45, 2.75) is 19.4 Å². The van der Waals surface area contributed by atoms with Gasteiger partial charge in [0.25, 0.3) is 0 Å². The van der Waals surface area contributed by atoms with Gasteiger partial charge in [0.05, 0.1) is 6.85 Å². The zero-order chi connectivity index (χ0) is 20.4. The Morgan fingerprint density at radius 3 is 2.79 bits per heavy atom. The predicted octanol–water partition coefficient (Wildman–Crippen LogP) is 3.72. The summed E-state index contributed by atoms with van der Waals surface area (Å²) in [6.45, 7) is -0.489. The molecule has 2 heteroatoms. The summed E-state index contributed by atoms with van der Waals surface area (Å²) in [6.07, 6.45) is -0.796. The quantitative estimate of drug-likeness (QED) is 0.857. The second-order valence-corrected chi connectivity index (χ2v) is 4.13. The third-order valence-electron chi connectivity index (χ3n) is 2.74. The van der Waals surface area contributed by atoms with Gasteiger partial charge in [-0.1, -0.05) is 48.4 Å². The molecule has 0 radical (unpaired) electrons. The van der Waals surface area contributed by atoms with Crippen LogP contribution in [-0.4, -0.2) is 13.5 Å². The van der Waals surface area contributed by atoms with E-state index in [1.54, 1.807) is 12.1 Å². The van der Waals surface area contributed by atoms with Crippen LogP contribution in [0.25, 0.3) is 0 Å². The summed E-state index contributed by atoms with van der Waals surface area (Å²) in [6, 6.07) is 5.05. The smallest absolute Gasteiger partial charge is 0.125 e. The summed E-state index contributed by atoms with van der Waals surface area (Å²) < 4.78 is 67.4. The zero-order valence-corrected chi connectivity index (χ0v) is 10.7. The maximum Gasteiger partial charge on any atom is 0.125 e. The summed E-state index contributed by atoms with van der Waals surface area (Å²) in [7, 11) is 0. The van der Waals surface area contributed by atoms with Crippen molar-refractivity contribution in [1.29, 1.82) is 0 Å². The van der Waals surface area contributed by atoms with Gasteiger partial charge in [-0.3, -0.25) is 0 Å². The minimum atomic E-state index is -2.34. The van der Waals surface area contributed by atoms with E-state index in [9.17, 15) is 0 Å². The number of aryl methyl sites for hydroxylation is 1. The fourth-order valence-electron chi connectivity index (χ4n) is 1.73. The third kappa shape index (κ3) is 3.83. The minimum absolute atomic E-state index is 0.0107. The largest absolute Gasteiger partial charge is 0.485 e. The molecule has 0 spiro atoms. The summed E-state index contributed by atoms with van der Waals surface area (Å²) >= 11 is 0. The summed E-state index contributed by atoms with van der Waals surface area (Å²) in [5.41, 5.74) is 0.829. The molecule has 1 N–H and O–H groups in total. The SMILES string of the molecule is [2H]c1c([2H])c([2H])c(C(CCNC([2H])([2H])[2H])Oc2ccccc2C)c([2H])c1[2H]. The first-order chi connectivity index (χ1) is 12.5. The number of hydrogen-bond acceptors (Lipinski definition) is 2. The molecule has 0 bridgehead atoms. The number of nitrogens with one attached hydrogen (secondary N) is 1. The van der Waals surface area contributed by atoms with E-state index < -0.39 is 31.2 Å². The standard InChI is InChI=1S/C17H21NO/c1-14-8-6-7-11-16(14)19-17(12-13-18-2)15-9-4-3-5-10-15/h3-11,17-18H,12-13H2,1-2H3/i2D3,3D,4D,5D,9D,10D. The molecule has 2 aromatic rings. The highest BCUT2D eigenvalue weighted by Gasteiger charge is 2.13. The lowest BCUT2D eigenvalue weighted by atomic mass is 10.1. The van der Waals surface area contributed by atoms with Gasteiger partial charge in [0.2, 0.25) is 0 Å². The lowest BCUT2D eigenvalue weighted by Crippen LogP contribution is -2.16. The summed E-state index contributed by atoms with van der Waals surface area (Å²) in [5, 5.41) is 2.37. The fourth-order valence-corrected chi connectivity index (χ4v) is 1.73. The Hall–Kier alpha value is -1.80. The van der Waals surface area contributed by atoms with Crippen molar-refractivity contribution in [2.24, 2.45) is 0 Å². The molecule has 0 saturated carbocycles. The van der Waals surface area contributed by atoms with Crippen LogP contribution in [0.5, 0.6) is 5.75 Å². The van der Waals surface area contributed by atoms with E-state index in [0.717, 1.165) is 5.56 Å². The lowest BCUT2D eigenvalue weighted by molar-refractivity contribution is 0.193. The van der Waals surface area contributed by atoms with E-state index in [-0.39, 0.29) is 30.6 Å². The average molecular weight is 263 g/mol. The van der Waals surface area contributed by atoms with Gasteiger partial charge in [0.15, 0.2) is 0 Å². The molecular formula is C17H21NO. The normalized spacial score (nSPS) is 18.8. The molecule has 1 atom stereocenters. The lowest BCUT2D eigenvalue weighted by Gasteiger charge is -2.20. The van der Waals surface area contributed by atoms with Gasteiger partial charge in [-0.05, 0) is 37.6 Å². The van der Waals surface area contributed by atoms with Crippen LogP contribution in [0, 0.1) is 6.92 Å². The molecule has 2 rings (SSSR count). The molecule has 100 valence electrons. The number of para-hydroxylation sites is 1. The van der Waals surface area contributed by atoms with E-state index in [4.69, 9.17) is 15.7 Å². The van der Waals surface area contributed by atoms with Gasteiger partial charge in [-0.15, -0.1) is 0 Å². The highest BCUT2D eigenvalue weighted by molar-refractivity contribution is 5.33. The maximum absolute atomic E-state index is 8.16. The van der Waals surface area contributed by atoms with E-state index in [1.807, 2.05) is 19.1 Å². The fraction of sp³-hybridized carbons (Fsp3) is 0.294. The van der Waals surface area contributed by atoms with Crippen LogP contribution in [-0.2, 0) is 0 Å². The van der Waals surface area contributed by atoms with Crippen LogP contribution in [0.1, 0.15) is 34.6 Å².